The first kappa shape index (κ1) is 54.7. The normalized spacial score (nSPS) is 11.8. The number of hydrogen-bond donors (Lipinski definition) is 4. The quantitative estimate of drug-likeness (QED) is 0.0212. The second-order valence-corrected chi connectivity index (χ2v) is 16.3. The summed E-state index contributed by atoms with van der Waals surface area (Å²) in [6, 6.07) is 0. The molecule has 0 aliphatic heterocycles. The molecule has 13 heteroatoms. The molecular weight excluding hydrogens is 761 g/mol. The summed E-state index contributed by atoms with van der Waals surface area (Å²) in [4.78, 5) is 40.8. The minimum absolute atomic E-state index is 0.0477. The molecule has 13 nitrogen and oxygen atoms in total. The average Bonchev–Trinajstić information content (AvgIpc) is 3.24. The molecule has 1 heterocycles. The fraction of sp³-hybridized carbons (Fsp3) is 0.809. The number of hydrogen-bond acceptors (Lipinski definition) is 13. The fourth-order valence-corrected chi connectivity index (χ4v) is 8.46. The highest BCUT2D eigenvalue weighted by Crippen LogP contribution is 2.49. The molecule has 0 bridgehead atoms. The van der Waals surface area contributed by atoms with Gasteiger partial charge in [-0.25, -0.2) is 9.59 Å². The number of carbonyl (C=O) groups excluding carboxylic acids is 2. The SMILES string of the molecule is C=CC(=O)OC(COC(CCCCCCCC)(CCCCCCCC)C(CCCCCCCC)(CCCCCCCC)N(CO)c1nc(N)nc(NCO)n1)OC(=O)C=C. The van der Waals surface area contributed by atoms with Gasteiger partial charge in [-0.3, -0.25) is 0 Å². The van der Waals surface area contributed by atoms with E-state index in [0.29, 0.717) is 25.7 Å². The number of nitrogen functional groups attached to an aromatic ring is 1. The number of nitrogens with one attached hydrogen (secondary N) is 1. The zero-order valence-corrected chi connectivity index (χ0v) is 38.4. The van der Waals surface area contributed by atoms with Gasteiger partial charge in [0.2, 0.25) is 17.8 Å². The lowest BCUT2D eigenvalue weighted by molar-refractivity contribution is -0.212. The van der Waals surface area contributed by atoms with Crippen molar-refractivity contribution in [1.29, 1.82) is 0 Å². The molecular formula is C47H86N6O7. The average molecular weight is 847 g/mol. The Balaban J connectivity index is 4.23. The number of anilines is 3. The number of carbonyl (C=O) groups is 2. The molecule has 0 atom stereocenters. The van der Waals surface area contributed by atoms with Gasteiger partial charge in [0.15, 0.2) is 0 Å². The number of unbranched alkanes of at least 4 members (excludes halogenated alkanes) is 20. The summed E-state index contributed by atoms with van der Waals surface area (Å²) in [6.07, 6.45) is 28.9. The lowest BCUT2D eigenvalue weighted by Crippen LogP contribution is -2.67. The summed E-state index contributed by atoms with van der Waals surface area (Å²) in [7, 11) is 0. The minimum atomic E-state index is -1.37. The number of rotatable bonds is 41. The second-order valence-electron chi connectivity index (χ2n) is 16.3. The number of aliphatic hydroxyl groups is 2. The van der Waals surface area contributed by atoms with Gasteiger partial charge < -0.3 is 40.4 Å². The van der Waals surface area contributed by atoms with Crippen LogP contribution in [0.15, 0.2) is 25.3 Å². The van der Waals surface area contributed by atoms with Gasteiger partial charge in [0.05, 0.1) is 11.1 Å². The Labute approximate surface area is 364 Å². The number of nitrogens with two attached hydrogens (primary N) is 1. The van der Waals surface area contributed by atoms with E-state index in [1.165, 1.54) is 25.7 Å². The van der Waals surface area contributed by atoms with Crippen LogP contribution in [0.1, 0.15) is 207 Å². The summed E-state index contributed by atoms with van der Waals surface area (Å²) in [5, 5.41) is 24.3. The molecule has 0 amide bonds. The van der Waals surface area contributed by atoms with Crippen molar-refractivity contribution in [2.75, 3.05) is 36.0 Å². The summed E-state index contributed by atoms with van der Waals surface area (Å²) in [5.41, 5.74) is 4.46. The van der Waals surface area contributed by atoms with Crippen molar-refractivity contribution in [2.45, 2.75) is 225 Å². The molecule has 0 fully saturated rings. The van der Waals surface area contributed by atoms with Crippen LogP contribution in [0.2, 0.25) is 0 Å². The molecule has 5 N–H and O–H groups in total. The Kier molecular flexibility index (Phi) is 31.3. The van der Waals surface area contributed by atoms with Crippen molar-refractivity contribution in [3.8, 4) is 0 Å². The van der Waals surface area contributed by atoms with Crippen LogP contribution in [0.25, 0.3) is 0 Å². The van der Waals surface area contributed by atoms with E-state index in [4.69, 9.17) is 24.9 Å². The third-order valence-corrected chi connectivity index (χ3v) is 11.7. The molecule has 0 aromatic carbocycles. The Hall–Kier alpha value is -3.29. The molecule has 0 spiro atoms. The third kappa shape index (κ3) is 21.0. The van der Waals surface area contributed by atoms with Gasteiger partial charge in [-0.1, -0.05) is 195 Å². The van der Waals surface area contributed by atoms with Crippen LogP contribution in [0.5, 0.6) is 0 Å². The van der Waals surface area contributed by atoms with Gasteiger partial charge in [0, 0.05) is 12.2 Å². The lowest BCUT2D eigenvalue weighted by atomic mass is 9.66. The zero-order chi connectivity index (χ0) is 44.3. The van der Waals surface area contributed by atoms with Crippen LogP contribution in [-0.4, -0.2) is 74.6 Å². The van der Waals surface area contributed by atoms with Crippen LogP contribution < -0.4 is 16.0 Å². The molecule has 1 rings (SSSR count). The van der Waals surface area contributed by atoms with Crippen molar-refractivity contribution in [2.24, 2.45) is 0 Å². The monoisotopic (exact) mass is 847 g/mol. The van der Waals surface area contributed by atoms with Crippen molar-refractivity contribution < 1.29 is 34.0 Å². The molecule has 0 aliphatic carbocycles. The first-order chi connectivity index (χ1) is 29.2. The fourth-order valence-electron chi connectivity index (χ4n) is 8.46. The van der Waals surface area contributed by atoms with Crippen molar-refractivity contribution in [1.82, 2.24) is 15.0 Å². The van der Waals surface area contributed by atoms with Crippen LogP contribution in [-0.2, 0) is 23.8 Å². The maximum absolute atomic E-state index is 12.7. The zero-order valence-electron chi connectivity index (χ0n) is 38.4. The molecule has 0 radical (unpaired) electrons. The van der Waals surface area contributed by atoms with E-state index in [1.54, 1.807) is 0 Å². The van der Waals surface area contributed by atoms with E-state index in [1.807, 2.05) is 4.90 Å². The smallest absolute Gasteiger partial charge is 0.333 e. The van der Waals surface area contributed by atoms with Gasteiger partial charge in [0.1, 0.15) is 20.1 Å². The number of ether oxygens (including phenoxy) is 3. The van der Waals surface area contributed by atoms with Crippen LogP contribution in [0, 0.1) is 0 Å². The number of esters is 2. The minimum Gasteiger partial charge on any atom is -0.419 e. The number of aromatic nitrogens is 3. The van der Waals surface area contributed by atoms with Gasteiger partial charge >= 0.3 is 11.9 Å². The first-order valence-electron chi connectivity index (χ1n) is 23.7. The third-order valence-electron chi connectivity index (χ3n) is 11.7. The number of aliphatic hydroxyl groups excluding tert-OH is 2. The molecule has 0 saturated carbocycles. The highest BCUT2D eigenvalue weighted by atomic mass is 16.7. The van der Waals surface area contributed by atoms with Crippen LogP contribution in [0.4, 0.5) is 17.8 Å². The van der Waals surface area contributed by atoms with Gasteiger partial charge in [0.25, 0.3) is 6.29 Å². The van der Waals surface area contributed by atoms with E-state index in [-0.39, 0.29) is 24.5 Å². The highest BCUT2D eigenvalue weighted by molar-refractivity contribution is 5.83. The summed E-state index contributed by atoms with van der Waals surface area (Å²) >= 11 is 0. The largest absolute Gasteiger partial charge is 0.419 e. The topological polar surface area (TPSA) is 182 Å². The van der Waals surface area contributed by atoms with Crippen LogP contribution in [0.3, 0.4) is 0 Å². The summed E-state index contributed by atoms with van der Waals surface area (Å²) in [5.74, 6) is -1.26. The van der Waals surface area contributed by atoms with Crippen molar-refractivity contribution >= 4 is 29.8 Å². The van der Waals surface area contributed by atoms with E-state index in [0.717, 1.165) is 141 Å². The molecule has 0 saturated heterocycles. The highest BCUT2D eigenvalue weighted by Gasteiger charge is 2.55. The van der Waals surface area contributed by atoms with Crippen LogP contribution >= 0.6 is 0 Å². The maximum Gasteiger partial charge on any atom is 0.333 e. The molecule has 0 aliphatic rings. The van der Waals surface area contributed by atoms with E-state index in [9.17, 15) is 19.8 Å². The predicted molar refractivity (Wildman–Crippen MR) is 244 cm³/mol. The van der Waals surface area contributed by atoms with Gasteiger partial charge in [-0.05, 0) is 25.7 Å². The molecule has 346 valence electrons. The van der Waals surface area contributed by atoms with Crippen molar-refractivity contribution in [3.63, 3.8) is 0 Å². The van der Waals surface area contributed by atoms with E-state index in [2.05, 4.69) is 56.1 Å². The maximum atomic E-state index is 12.7. The first-order valence-corrected chi connectivity index (χ1v) is 23.7. The Morgan fingerprint density at radius 3 is 1.43 bits per heavy atom. The standard InChI is InChI=1S/C47H86N6O7/c1-7-13-17-21-25-29-33-46(34-30-26-22-18-14-8-2,53(39-55)45-51-43(48)50-44(52-45)49-38-54)47(35-31-27-23-19-15-9-3,36-32-28-24-20-16-10-4)58-37-42(59-40(56)11-5)60-41(57)12-6/h11-12,42,54-55H,5-10,13-39H2,1-4H3,(H3,48,49,50,51,52). The van der Waals surface area contributed by atoms with E-state index < -0.39 is 42.8 Å². The Morgan fingerprint density at radius 2 is 1.05 bits per heavy atom. The van der Waals surface area contributed by atoms with Gasteiger partial charge in [-0.15, -0.1) is 0 Å². The molecule has 1 aromatic rings. The Bertz CT molecular complexity index is 1230. The molecule has 60 heavy (non-hydrogen) atoms. The lowest BCUT2D eigenvalue weighted by Gasteiger charge is -2.56. The van der Waals surface area contributed by atoms with Gasteiger partial charge in [-0.2, -0.15) is 15.0 Å². The summed E-state index contributed by atoms with van der Waals surface area (Å²) < 4.78 is 18.6. The number of nitrogens with zero attached hydrogens (tertiary/aromatic N) is 4. The molecule has 1 aromatic heterocycles. The second kappa shape index (κ2) is 34.3. The van der Waals surface area contributed by atoms with E-state index >= 15 is 0 Å². The van der Waals surface area contributed by atoms with Crippen molar-refractivity contribution in [3.05, 3.63) is 25.3 Å². The predicted octanol–water partition coefficient (Wildman–Crippen LogP) is 10.9. The summed E-state index contributed by atoms with van der Waals surface area (Å²) in [6.45, 7) is 14.9. The molecule has 0 unspecified atom stereocenters. The Morgan fingerprint density at radius 1 is 0.650 bits per heavy atom.